The first-order valence-corrected chi connectivity index (χ1v) is 16.5. The summed E-state index contributed by atoms with van der Waals surface area (Å²) in [6.45, 7) is 2.11. The first-order valence-electron chi connectivity index (χ1n) is 16.5. The molecule has 0 spiro atoms. The second-order valence-corrected chi connectivity index (χ2v) is 12.5. The van der Waals surface area contributed by atoms with Crippen molar-refractivity contribution >= 4 is 33.2 Å². The molecule has 2 aromatic heterocycles. The van der Waals surface area contributed by atoms with Gasteiger partial charge >= 0.3 is 0 Å². The fourth-order valence-corrected chi connectivity index (χ4v) is 6.80. The molecule has 50 heavy (non-hydrogen) atoms. The third-order valence-corrected chi connectivity index (χ3v) is 9.38. The molecule has 8 heteroatoms. The number of rotatable bonds is 9. The molecule has 0 bridgehead atoms. The lowest BCUT2D eigenvalue weighted by molar-refractivity contribution is 0.324. The van der Waals surface area contributed by atoms with Crippen molar-refractivity contribution in [3.05, 3.63) is 145 Å². The van der Waals surface area contributed by atoms with Gasteiger partial charge in [-0.3, -0.25) is 0 Å². The standard InChI is InChI=1S/C42H36N4O4/c1-42(41-44-43-40(50-41)28-25-37(47-2)39(49-4)38(26-28)48-3)23-21-31(22-24-42)45(29-13-7-5-8-14-29)32-19-20-36-34(27-32)33-17-11-12-18-35(33)46(36)30-15-9-6-10-16-30/h5-23,25-27H,24H2,1-4H3. The Morgan fingerprint density at radius 1 is 0.700 bits per heavy atom. The predicted octanol–water partition coefficient (Wildman–Crippen LogP) is 9.80. The Bertz CT molecular complexity index is 2370. The van der Waals surface area contributed by atoms with Crippen molar-refractivity contribution in [2.75, 3.05) is 26.2 Å². The fraction of sp³-hybridized carbons (Fsp3) is 0.143. The molecule has 1 atom stereocenters. The van der Waals surface area contributed by atoms with Crippen LogP contribution in [0, 0.1) is 0 Å². The van der Waals surface area contributed by atoms with Crippen LogP contribution in [0.2, 0.25) is 0 Å². The average molecular weight is 661 g/mol. The summed E-state index contributed by atoms with van der Waals surface area (Å²) in [5, 5.41) is 11.3. The highest BCUT2D eigenvalue weighted by molar-refractivity contribution is 6.10. The molecule has 0 saturated heterocycles. The molecular weight excluding hydrogens is 624 g/mol. The number of hydrogen-bond acceptors (Lipinski definition) is 7. The van der Waals surface area contributed by atoms with Crippen LogP contribution in [0.1, 0.15) is 19.2 Å². The van der Waals surface area contributed by atoms with Crippen molar-refractivity contribution in [1.82, 2.24) is 14.8 Å². The van der Waals surface area contributed by atoms with Crippen molar-refractivity contribution in [3.63, 3.8) is 0 Å². The lowest BCUT2D eigenvalue weighted by Gasteiger charge is -2.31. The molecule has 0 radical (unpaired) electrons. The van der Waals surface area contributed by atoms with Gasteiger partial charge in [0.1, 0.15) is 0 Å². The van der Waals surface area contributed by atoms with Crippen LogP contribution in [0.3, 0.4) is 0 Å². The van der Waals surface area contributed by atoms with E-state index in [4.69, 9.17) is 18.6 Å². The summed E-state index contributed by atoms with van der Waals surface area (Å²) in [7, 11) is 4.74. The van der Waals surface area contributed by atoms with E-state index in [-0.39, 0.29) is 0 Å². The van der Waals surface area contributed by atoms with Gasteiger partial charge in [0.05, 0.1) is 37.8 Å². The Balaban J connectivity index is 1.16. The van der Waals surface area contributed by atoms with Crippen LogP contribution in [0.15, 0.2) is 144 Å². The number of benzene rings is 5. The second-order valence-electron chi connectivity index (χ2n) is 12.5. The Labute approximate surface area is 290 Å². The molecule has 0 fully saturated rings. The van der Waals surface area contributed by atoms with E-state index in [1.165, 1.54) is 16.3 Å². The molecule has 0 N–H and O–H groups in total. The summed E-state index contributed by atoms with van der Waals surface area (Å²) < 4.78 is 25.2. The number of para-hydroxylation sites is 3. The van der Waals surface area contributed by atoms with Crippen molar-refractivity contribution in [2.24, 2.45) is 0 Å². The zero-order valence-electron chi connectivity index (χ0n) is 28.3. The Morgan fingerprint density at radius 2 is 1.38 bits per heavy atom. The minimum atomic E-state index is -0.509. The van der Waals surface area contributed by atoms with Gasteiger partial charge in [-0.05, 0) is 80.1 Å². The van der Waals surface area contributed by atoms with Gasteiger partial charge in [-0.2, -0.15) is 0 Å². The fourth-order valence-electron chi connectivity index (χ4n) is 6.80. The van der Waals surface area contributed by atoms with Crippen LogP contribution in [0.4, 0.5) is 11.4 Å². The van der Waals surface area contributed by atoms with E-state index >= 15 is 0 Å². The number of hydrogen-bond donors (Lipinski definition) is 0. The van der Waals surface area contributed by atoms with Crippen molar-refractivity contribution < 1.29 is 18.6 Å². The quantitative estimate of drug-likeness (QED) is 0.153. The van der Waals surface area contributed by atoms with E-state index in [0.29, 0.717) is 41.0 Å². The smallest absolute Gasteiger partial charge is 0.248 e. The van der Waals surface area contributed by atoms with Gasteiger partial charge in [0, 0.05) is 39.1 Å². The molecule has 0 amide bonds. The molecule has 5 aromatic carbocycles. The van der Waals surface area contributed by atoms with Crippen LogP contribution in [0.25, 0.3) is 38.9 Å². The topological polar surface area (TPSA) is 74.8 Å². The Hall–Kier alpha value is -6.28. The van der Waals surface area contributed by atoms with E-state index in [2.05, 4.69) is 142 Å². The molecule has 1 unspecified atom stereocenters. The number of nitrogens with zero attached hydrogens (tertiary/aromatic N) is 4. The molecule has 1 aliphatic rings. The first kappa shape index (κ1) is 31.0. The summed E-state index contributed by atoms with van der Waals surface area (Å²) in [5.74, 6) is 2.43. The Kier molecular flexibility index (Phi) is 7.84. The highest BCUT2D eigenvalue weighted by Gasteiger charge is 2.33. The van der Waals surface area contributed by atoms with Gasteiger partial charge < -0.3 is 28.1 Å². The summed E-state index contributed by atoms with van der Waals surface area (Å²) in [4.78, 5) is 2.30. The van der Waals surface area contributed by atoms with Gasteiger partial charge in [-0.1, -0.05) is 66.7 Å². The van der Waals surface area contributed by atoms with Gasteiger partial charge in [-0.25, -0.2) is 0 Å². The molecule has 0 aliphatic heterocycles. The maximum atomic E-state index is 6.31. The molecule has 0 saturated carbocycles. The number of anilines is 2. The molecule has 2 heterocycles. The number of aromatic nitrogens is 3. The second kappa shape index (κ2) is 12.6. The molecule has 1 aliphatic carbocycles. The van der Waals surface area contributed by atoms with Crippen LogP contribution in [-0.2, 0) is 5.41 Å². The summed E-state index contributed by atoms with van der Waals surface area (Å²) in [6.07, 6.45) is 7.21. The highest BCUT2D eigenvalue weighted by atomic mass is 16.5. The summed E-state index contributed by atoms with van der Waals surface area (Å²) >= 11 is 0. The van der Waals surface area contributed by atoms with Crippen LogP contribution in [0.5, 0.6) is 17.2 Å². The number of fused-ring (bicyclic) bond motifs is 3. The van der Waals surface area contributed by atoms with Gasteiger partial charge in [0.2, 0.25) is 17.5 Å². The lowest BCUT2D eigenvalue weighted by Crippen LogP contribution is -2.24. The number of allylic oxidation sites excluding steroid dienone is 3. The molecule has 7 aromatic rings. The van der Waals surface area contributed by atoms with Crippen molar-refractivity contribution in [3.8, 4) is 34.4 Å². The average Bonchev–Trinajstić information content (AvgIpc) is 3.80. The highest BCUT2D eigenvalue weighted by Crippen LogP contribution is 2.43. The van der Waals surface area contributed by atoms with Crippen LogP contribution >= 0.6 is 0 Å². The minimum Gasteiger partial charge on any atom is -0.493 e. The third-order valence-electron chi connectivity index (χ3n) is 9.38. The van der Waals surface area contributed by atoms with E-state index in [9.17, 15) is 0 Å². The third kappa shape index (κ3) is 5.26. The van der Waals surface area contributed by atoms with Crippen molar-refractivity contribution in [1.29, 1.82) is 0 Å². The Morgan fingerprint density at radius 3 is 2.06 bits per heavy atom. The minimum absolute atomic E-state index is 0.373. The van der Waals surface area contributed by atoms with E-state index in [1.807, 2.05) is 18.2 Å². The molecular formula is C42H36N4O4. The zero-order valence-corrected chi connectivity index (χ0v) is 28.3. The monoisotopic (exact) mass is 660 g/mol. The van der Waals surface area contributed by atoms with E-state index < -0.39 is 5.41 Å². The maximum Gasteiger partial charge on any atom is 0.248 e. The molecule has 8 rings (SSSR count). The number of methoxy groups -OCH3 is 3. The van der Waals surface area contributed by atoms with Crippen LogP contribution < -0.4 is 19.1 Å². The normalized spacial score (nSPS) is 15.6. The maximum absolute atomic E-state index is 6.31. The van der Waals surface area contributed by atoms with Crippen LogP contribution in [-0.4, -0.2) is 36.1 Å². The zero-order chi connectivity index (χ0) is 34.2. The lowest BCUT2D eigenvalue weighted by atomic mass is 9.82. The molecule has 8 nitrogen and oxygen atoms in total. The van der Waals surface area contributed by atoms with E-state index in [0.717, 1.165) is 28.3 Å². The largest absolute Gasteiger partial charge is 0.493 e. The predicted molar refractivity (Wildman–Crippen MR) is 198 cm³/mol. The first-order chi connectivity index (χ1) is 24.5. The summed E-state index contributed by atoms with van der Waals surface area (Å²) in [6, 6.07) is 39.9. The van der Waals surface area contributed by atoms with Crippen molar-refractivity contribution in [2.45, 2.75) is 18.8 Å². The SMILES string of the molecule is COc1cc(-c2nnc(C3(C)C=CC(N(c4ccccc4)c4ccc5c(c4)c4ccccc4n5-c4ccccc4)=CC3)o2)cc(OC)c1OC. The van der Waals surface area contributed by atoms with E-state index in [1.54, 1.807) is 21.3 Å². The number of ether oxygens (including phenoxy) is 3. The summed E-state index contributed by atoms with van der Waals surface area (Å²) in [5.41, 5.74) is 6.84. The van der Waals surface area contributed by atoms with Gasteiger partial charge in [0.25, 0.3) is 0 Å². The molecule has 248 valence electrons. The van der Waals surface area contributed by atoms with Gasteiger partial charge in [-0.15, -0.1) is 10.2 Å². The van der Waals surface area contributed by atoms with Gasteiger partial charge in [0.15, 0.2) is 11.5 Å².